The predicted molar refractivity (Wildman–Crippen MR) is 58.2 cm³/mol. The van der Waals surface area contributed by atoms with Crippen LogP contribution in [-0.4, -0.2) is 16.1 Å². The summed E-state index contributed by atoms with van der Waals surface area (Å²) in [5.41, 5.74) is 0.802. The van der Waals surface area contributed by atoms with Crippen molar-refractivity contribution in [2.45, 2.75) is 39.3 Å². The highest BCUT2D eigenvalue weighted by molar-refractivity contribution is 5.42. The Labute approximate surface area is 85.2 Å². The van der Waals surface area contributed by atoms with Crippen molar-refractivity contribution in [1.82, 2.24) is 4.98 Å². The first-order valence-electron chi connectivity index (χ1n) is 4.85. The zero-order valence-corrected chi connectivity index (χ0v) is 9.20. The van der Waals surface area contributed by atoms with Crippen LogP contribution in [0.2, 0.25) is 0 Å². The van der Waals surface area contributed by atoms with E-state index < -0.39 is 5.60 Å². The van der Waals surface area contributed by atoms with Crippen molar-refractivity contribution in [3.8, 4) is 0 Å². The van der Waals surface area contributed by atoms with Crippen LogP contribution < -0.4 is 5.32 Å². The van der Waals surface area contributed by atoms with E-state index in [1.54, 1.807) is 20.0 Å². The lowest BCUT2D eigenvalue weighted by atomic mass is 10.1. The number of anilines is 1. The number of nitrogens with one attached hydrogen (secondary N) is 1. The fourth-order valence-corrected chi connectivity index (χ4v) is 1.17. The summed E-state index contributed by atoms with van der Waals surface area (Å²) in [6.45, 7) is 7.60. The van der Waals surface area contributed by atoms with Crippen LogP contribution in [0.1, 0.15) is 33.4 Å². The Morgan fingerprint density at radius 2 is 2.00 bits per heavy atom. The third-order valence-corrected chi connectivity index (χ3v) is 1.85. The molecule has 1 rings (SSSR count). The lowest BCUT2D eigenvalue weighted by Crippen LogP contribution is -2.17. The summed E-state index contributed by atoms with van der Waals surface area (Å²) in [4.78, 5) is 4.19. The van der Waals surface area contributed by atoms with Gasteiger partial charge in [-0.3, -0.25) is 4.98 Å². The second-order valence-electron chi connectivity index (χ2n) is 4.29. The fourth-order valence-electron chi connectivity index (χ4n) is 1.17. The van der Waals surface area contributed by atoms with E-state index in [1.165, 1.54) is 0 Å². The molecule has 0 bridgehead atoms. The van der Waals surface area contributed by atoms with Crippen LogP contribution in [0.25, 0.3) is 0 Å². The SMILES string of the molecule is CC(C)Nc1ccc(C(C)(C)O)nc1. The molecule has 3 heteroatoms. The first-order chi connectivity index (χ1) is 6.39. The molecule has 0 unspecified atom stereocenters. The normalized spacial score (nSPS) is 11.9. The van der Waals surface area contributed by atoms with Gasteiger partial charge >= 0.3 is 0 Å². The zero-order valence-electron chi connectivity index (χ0n) is 9.20. The fraction of sp³-hybridized carbons (Fsp3) is 0.545. The zero-order chi connectivity index (χ0) is 10.8. The Balaban J connectivity index is 2.79. The number of aliphatic hydroxyl groups is 1. The molecule has 1 heterocycles. The minimum Gasteiger partial charge on any atom is -0.384 e. The topological polar surface area (TPSA) is 45.1 Å². The van der Waals surface area contributed by atoms with Gasteiger partial charge in [0.2, 0.25) is 0 Å². The molecule has 0 aliphatic rings. The molecule has 0 saturated carbocycles. The monoisotopic (exact) mass is 194 g/mol. The lowest BCUT2D eigenvalue weighted by Gasteiger charge is -2.17. The van der Waals surface area contributed by atoms with E-state index in [2.05, 4.69) is 24.1 Å². The third kappa shape index (κ3) is 3.00. The van der Waals surface area contributed by atoms with Crippen molar-refractivity contribution in [1.29, 1.82) is 0 Å². The van der Waals surface area contributed by atoms with Crippen LogP contribution in [0.3, 0.4) is 0 Å². The molecule has 0 radical (unpaired) electrons. The molecule has 0 amide bonds. The van der Waals surface area contributed by atoms with E-state index in [1.807, 2.05) is 12.1 Å². The van der Waals surface area contributed by atoms with Crippen LogP contribution in [-0.2, 0) is 5.60 Å². The molecule has 3 nitrogen and oxygen atoms in total. The maximum atomic E-state index is 9.68. The summed E-state index contributed by atoms with van der Waals surface area (Å²) in [6.07, 6.45) is 1.74. The highest BCUT2D eigenvalue weighted by Crippen LogP contribution is 2.18. The quantitative estimate of drug-likeness (QED) is 0.774. The van der Waals surface area contributed by atoms with E-state index >= 15 is 0 Å². The van der Waals surface area contributed by atoms with Crippen LogP contribution in [0, 0.1) is 0 Å². The summed E-state index contributed by atoms with van der Waals surface area (Å²) in [5.74, 6) is 0. The minimum absolute atomic E-state index is 0.393. The Bertz CT molecular complexity index is 285. The van der Waals surface area contributed by atoms with Gasteiger partial charge in [-0.1, -0.05) is 0 Å². The van der Waals surface area contributed by atoms with Gasteiger partial charge in [0, 0.05) is 6.04 Å². The second kappa shape index (κ2) is 3.96. The van der Waals surface area contributed by atoms with Gasteiger partial charge in [-0.2, -0.15) is 0 Å². The highest BCUT2D eigenvalue weighted by atomic mass is 16.3. The first-order valence-corrected chi connectivity index (χ1v) is 4.85. The number of rotatable bonds is 3. The third-order valence-electron chi connectivity index (χ3n) is 1.85. The highest BCUT2D eigenvalue weighted by Gasteiger charge is 2.16. The molecule has 1 aromatic heterocycles. The summed E-state index contributed by atoms with van der Waals surface area (Å²) < 4.78 is 0. The van der Waals surface area contributed by atoms with Gasteiger partial charge in [0.15, 0.2) is 0 Å². The van der Waals surface area contributed by atoms with E-state index in [-0.39, 0.29) is 0 Å². The summed E-state index contributed by atoms with van der Waals surface area (Å²) >= 11 is 0. The molecule has 0 aromatic carbocycles. The van der Waals surface area contributed by atoms with Crippen molar-refractivity contribution >= 4 is 5.69 Å². The number of nitrogens with zero attached hydrogens (tertiary/aromatic N) is 1. The molecule has 0 spiro atoms. The van der Waals surface area contributed by atoms with Gasteiger partial charge in [0.05, 0.1) is 17.6 Å². The van der Waals surface area contributed by atoms with Crippen molar-refractivity contribution in [2.24, 2.45) is 0 Å². The van der Waals surface area contributed by atoms with E-state index in [4.69, 9.17) is 0 Å². The minimum atomic E-state index is -0.865. The smallest absolute Gasteiger partial charge is 0.101 e. The average Bonchev–Trinajstić information content (AvgIpc) is 2.02. The van der Waals surface area contributed by atoms with Crippen LogP contribution in [0.5, 0.6) is 0 Å². The van der Waals surface area contributed by atoms with Gasteiger partial charge in [0.1, 0.15) is 5.60 Å². The number of hydrogen-bond donors (Lipinski definition) is 2. The predicted octanol–water partition coefficient (Wildman–Crippen LogP) is 2.13. The maximum absolute atomic E-state index is 9.68. The number of hydrogen-bond acceptors (Lipinski definition) is 3. The maximum Gasteiger partial charge on any atom is 0.101 e. The van der Waals surface area contributed by atoms with Crippen LogP contribution >= 0.6 is 0 Å². The van der Waals surface area contributed by atoms with Crippen molar-refractivity contribution in [3.63, 3.8) is 0 Å². The Morgan fingerprint density at radius 1 is 1.36 bits per heavy atom. The molecular formula is C11H18N2O. The Kier molecular flexibility index (Phi) is 3.11. The number of pyridine rings is 1. The largest absolute Gasteiger partial charge is 0.384 e. The first kappa shape index (κ1) is 11.0. The second-order valence-corrected chi connectivity index (χ2v) is 4.29. The molecular weight excluding hydrogens is 176 g/mol. The molecule has 0 aliphatic carbocycles. The van der Waals surface area contributed by atoms with Gasteiger partial charge < -0.3 is 10.4 Å². The molecule has 14 heavy (non-hydrogen) atoms. The molecule has 1 aromatic rings. The molecule has 78 valence electrons. The van der Waals surface area contributed by atoms with Crippen molar-refractivity contribution in [3.05, 3.63) is 24.0 Å². The van der Waals surface area contributed by atoms with Crippen molar-refractivity contribution in [2.75, 3.05) is 5.32 Å². The molecule has 0 fully saturated rings. The molecule has 2 N–H and O–H groups in total. The average molecular weight is 194 g/mol. The van der Waals surface area contributed by atoms with Crippen molar-refractivity contribution < 1.29 is 5.11 Å². The van der Waals surface area contributed by atoms with Gasteiger partial charge in [-0.05, 0) is 39.8 Å². The standard InChI is InChI=1S/C11H18N2O/c1-8(2)13-9-5-6-10(12-7-9)11(3,4)14/h5-8,13-14H,1-4H3. The summed E-state index contributed by atoms with van der Waals surface area (Å²) in [7, 11) is 0. The van der Waals surface area contributed by atoms with Gasteiger partial charge in [-0.15, -0.1) is 0 Å². The van der Waals surface area contributed by atoms with Crippen LogP contribution in [0.4, 0.5) is 5.69 Å². The summed E-state index contributed by atoms with van der Waals surface area (Å²) in [6, 6.07) is 4.16. The lowest BCUT2D eigenvalue weighted by molar-refractivity contribution is 0.0739. The number of aromatic nitrogens is 1. The summed E-state index contributed by atoms with van der Waals surface area (Å²) in [5, 5.41) is 12.9. The van der Waals surface area contributed by atoms with Crippen LogP contribution in [0.15, 0.2) is 18.3 Å². The van der Waals surface area contributed by atoms with E-state index in [0.717, 1.165) is 5.69 Å². The molecule has 0 saturated heterocycles. The Morgan fingerprint density at radius 3 is 2.36 bits per heavy atom. The molecule has 0 atom stereocenters. The van der Waals surface area contributed by atoms with E-state index in [9.17, 15) is 5.11 Å². The van der Waals surface area contributed by atoms with Gasteiger partial charge in [-0.25, -0.2) is 0 Å². The Hall–Kier alpha value is -1.09. The van der Waals surface area contributed by atoms with E-state index in [0.29, 0.717) is 11.7 Å². The van der Waals surface area contributed by atoms with Gasteiger partial charge in [0.25, 0.3) is 0 Å². The molecule has 0 aliphatic heterocycles.